The molecule has 0 aliphatic carbocycles. The van der Waals surface area contributed by atoms with Crippen molar-refractivity contribution in [3.05, 3.63) is 0 Å². The molecule has 0 aliphatic heterocycles. The Balaban J connectivity index is 4.17. The molecule has 0 aromatic heterocycles. The fourth-order valence-electron chi connectivity index (χ4n) is 1.35. The molecule has 0 bridgehead atoms. The topological polar surface area (TPSA) is 58.6 Å². The zero-order valence-electron chi connectivity index (χ0n) is 9.70. The molecule has 2 unspecified atom stereocenters. The smallest absolute Gasteiger partial charge is 0.312 e. The Hall–Kier alpha value is 0.110. The van der Waals surface area contributed by atoms with Crippen molar-refractivity contribution in [1.82, 2.24) is 5.09 Å². The van der Waals surface area contributed by atoms with Gasteiger partial charge in [0, 0.05) is 13.7 Å². The Morgan fingerprint density at radius 2 is 2.00 bits per heavy atom. The molecule has 0 rings (SSSR count). The summed E-state index contributed by atoms with van der Waals surface area (Å²) >= 11 is 0. The van der Waals surface area contributed by atoms with Gasteiger partial charge >= 0.3 is 7.75 Å². The number of rotatable bonds is 5. The number of nitrogens with one attached hydrogen (secondary N) is 1. The molecule has 86 valence electrons. The maximum atomic E-state index is 11.2. The second-order valence-electron chi connectivity index (χ2n) is 4.54. The van der Waals surface area contributed by atoms with Gasteiger partial charge in [0.2, 0.25) is 0 Å². The predicted molar refractivity (Wildman–Crippen MR) is 58.1 cm³/mol. The monoisotopic (exact) mass is 223 g/mol. The van der Waals surface area contributed by atoms with Crippen molar-refractivity contribution >= 4 is 7.75 Å². The zero-order valence-corrected chi connectivity index (χ0v) is 10.6. The molecular formula is C9H22NO3P. The van der Waals surface area contributed by atoms with Gasteiger partial charge in [-0.15, -0.1) is 0 Å². The molecule has 2 atom stereocenters. The van der Waals surface area contributed by atoms with E-state index < -0.39 is 7.75 Å². The lowest BCUT2D eigenvalue weighted by Gasteiger charge is -2.30. The standard InChI is InChI=1S/C9H22NO3P/c1-6-8(9(2,3)4)7-10-14(11,12)13-5/h8H,6-7H2,1-5H3,(H2,10,11,12). The quantitative estimate of drug-likeness (QED) is 0.702. The molecule has 0 radical (unpaired) electrons. The molecule has 0 spiro atoms. The fourth-order valence-corrected chi connectivity index (χ4v) is 1.93. The minimum Gasteiger partial charge on any atom is -0.312 e. The SMILES string of the molecule is CCC(CNP(=O)(O)OC)C(C)(C)C. The fraction of sp³-hybridized carbons (Fsp3) is 1.00. The predicted octanol–water partition coefficient (Wildman–Crippen LogP) is 2.40. The van der Waals surface area contributed by atoms with Crippen LogP contribution >= 0.6 is 7.75 Å². The van der Waals surface area contributed by atoms with Crippen molar-refractivity contribution in [2.45, 2.75) is 34.1 Å². The first-order valence-electron chi connectivity index (χ1n) is 4.86. The molecule has 0 heterocycles. The van der Waals surface area contributed by atoms with Gasteiger partial charge in [0.1, 0.15) is 0 Å². The lowest BCUT2D eigenvalue weighted by molar-refractivity contribution is 0.224. The highest BCUT2D eigenvalue weighted by Crippen LogP contribution is 2.37. The van der Waals surface area contributed by atoms with Crippen molar-refractivity contribution in [3.8, 4) is 0 Å². The van der Waals surface area contributed by atoms with E-state index in [0.29, 0.717) is 12.5 Å². The van der Waals surface area contributed by atoms with Crippen molar-refractivity contribution in [1.29, 1.82) is 0 Å². The Morgan fingerprint density at radius 1 is 1.50 bits per heavy atom. The lowest BCUT2D eigenvalue weighted by atomic mass is 9.79. The first kappa shape index (κ1) is 14.1. The molecule has 0 aromatic rings. The summed E-state index contributed by atoms with van der Waals surface area (Å²) < 4.78 is 15.6. The largest absolute Gasteiger partial charge is 0.402 e. The first-order chi connectivity index (χ1) is 6.23. The van der Waals surface area contributed by atoms with E-state index in [-0.39, 0.29) is 5.41 Å². The second kappa shape index (κ2) is 5.26. The van der Waals surface area contributed by atoms with Gasteiger partial charge in [-0.3, -0.25) is 0 Å². The Kier molecular flexibility index (Phi) is 5.31. The molecule has 2 N–H and O–H groups in total. The van der Waals surface area contributed by atoms with Crippen LogP contribution in [0.4, 0.5) is 0 Å². The summed E-state index contributed by atoms with van der Waals surface area (Å²) in [6.07, 6.45) is 0.972. The van der Waals surface area contributed by atoms with Crippen molar-refractivity contribution < 1.29 is 14.0 Å². The molecule has 0 fully saturated rings. The highest BCUT2D eigenvalue weighted by atomic mass is 31.2. The highest BCUT2D eigenvalue weighted by molar-refractivity contribution is 7.50. The zero-order chi connectivity index (χ0) is 11.4. The van der Waals surface area contributed by atoms with Crippen LogP contribution in [0, 0.1) is 11.3 Å². The summed E-state index contributed by atoms with van der Waals surface area (Å²) in [5.41, 5.74) is 0.134. The van der Waals surface area contributed by atoms with Crippen LogP contribution in [0.3, 0.4) is 0 Å². The van der Waals surface area contributed by atoms with Gasteiger partial charge in [-0.2, -0.15) is 0 Å². The van der Waals surface area contributed by atoms with E-state index in [1.165, 1.54) is 7.11 Å². The van der Waals surface area contributed by atoms with E-state index in [4.69, 9.17) is 4.89 Å². The summed E-state index contributed by atoms with van der Waals surface area (Å²) in [6.45, 7) is 8.95. The van der Waals surface area contributed by atoms with Crippen molar-refractivity contribution in [3.63, 3.8) is 0 Å². The third-order valence-corrected chi connectivity index (χ3v) is 3.58. The van der Waals surface area contributed by atoms with Gasteiger partial charge in [0.25, 0.3) is 0 Å². The maximum absolute atomic E-state index is 11.2. The van der Waals surface area contributed by atoms with Gasteiger partial charge in [-0.1, -0.05) is 34.1 Å². The summed E-state index contributed by atoms with van der Waals surface area (Å²) in [4.78, 5) is 9.16. The average Bonchev–Trinajstić information content (AvgIpc) is 2.03. The van der Waals surface area contributed by atoms with Crippen LogP contribution in [0.25, 0.3) is 0 Å². The summed E-state index contributed by atoms with van der Waals surface area (Å²) in [7, 11) is -2.33. The molecular weight excluding hydrogens is 201 g/mol. The third-order valence-electron chi connectivity index (χ3n) is 2.50. The first-order valence-corrected chi connectivity index (χ1v) is 6.44. The van der Waals surface area contributed by atoms with Crippen LogP contribution in [0.1, 0.15) is 34.1 Å². The molecule has 0 aromatic carbocycles. The molecule has 5 heteroatoms. The minimum absolute atomic E-state index is 0.134. The average molecular weight is 223 g/mol. The van der Waals surface area contributed by atoms with Gasteiger partial charge in [0.15, 0.2) is 0 Å². The van der Waals surface area contributed by atoms with E-state index >= 15 is 0 Å². The molecule has 0 amide bonds. The minimum atomic E-state index is -3.56. The molecule has 0 saturated carbocycles. The van der Waals surface area contributed by atoms with E-state index in [2.05, 4.69) is 37.3 Å². The summed E-state index contributed by atoms with van der Waals surface area (Å²) in [6, 6.07) is 0. The maximum Gasteiger partial charge on any atom is 0.402 e. The van der Waals surface area contributed by atoms with Crippen LogP contribution in [0.5, 0.6) is 0 Å². The van der Waals surface area contributed by atoms with Crippen molar-refractivity contribution in [2.24, 2.45) is 11.3 Å². The lowest BCUT2D eigenvalue weighted by Crippen LogP contribution is -2.30. The van der Waals surface area contributed by atoms with Crippen LogP contribution in [-0.4, -0.2) is 18.5 Å². The highest BCUT2D eigenvalue weighted by Gasteiger charge is 2.26. The summed E-state index contributed by atoms with van der Waals surface area (Å²) in [5, 5.41) is 2.56. The van der Waals surface area contributed by atoms with Gasteiger partial charge < -0.3 is 9.42 Å². The van der Waals surface area contributed by atoms with Crippen LogP contribution < -0.4 is 5.09 Å². The van der Waals surface area contributed by atoms with E-state index in [1.807, 2.05) is 0 Å². The summed E-state index contributed by atoms with van der Waals surface area (Å²) in [5.74, 6) is 0.359. The third kappa shape index (κ3) is 5.11. The number of hydrogen-bond donors (Lipinski definition) is 2. The van der Waals surface area contributed by atoms with Gasteiger partial charge in [-0.05, 0) is 11.3 Å². The van der Waals surface area contributed by atoms with Crippen LogP contribution in [-0.2, 0) is 9.09 Å². The van der Waals surface area contributed by atoms with E-state index in [1.54, 1.807) is 0 Å². The normalized spacial score (nSPS) is 19.0. The molecule has 4 nitrogen and oxygen atoms in total. The molecule has 14 heavy (non-hydrogen) atoms. The molecule has 0 aliphatic rings. The van der Waals surface area contributed by atoms with E-state index in [9.17, 15) is 4.57 Å². The number of hydrogen-bond acceptors (Lipinski definition) is 2. The van der Waals surface area contributed by atoms with Gasteiger partial charge in [0.05, 0.1) is 0 Å². The van der Waals surface area contributed by atoms with Gasteiger partial charge in [-0.25, -0.2) is 9.65 Å². The molecule has 0 saturated heterocycles. The Bertz CT molecular complexity index is 213. The Morgan fingerprint density at radius 3 is 2.29 bits per heavy atom. The van der Waals surface area contributed by atoms with Crippen LogP contribution in [0.15, 0.2) is 0 Å². The van der Waals surface area contributed by atoms with E-state index in [0.717, 1.165) is 6.42 Å². The van der Waals surface area contributed by atoms with Crippen LogP contribution in [0.2, 0.25) is 0 Å². The van der Waals surface area contributed by atoms with Crippen molar-refractivity contribution in [2.75, 3.05) is 13.7 Å². The second-order valence-corrected chi connectivity index (χ2v) is 6.26. The Labute approximate surface area is 86.6 Å².